The summed E-state index contributed by atoms with van der Waals surface area (Å²) in [5, 5.41) is 4.83. The van der Waals surface area contributed by atoms with Gasteiger partial charge in [-0.3, -0.25) is 4.57 Å². The third-order valence-corrected chi connectivity index (χ3v) is 11.1. The molecule has 0 unspecified atom stereocenters. The van der Waals surface area contributed by atoms with Gasteiger partial charge in [-0.1, -0.05) is 152 Å². The van der Waals surface area contributed by atoms with Gasteiger partial charge in [-0.05, 0) is 81.4 Å². The Kier molecular flexibility index (Phi) is 7.46. The van der Waals surface area contributed by atoms with E-state index < -0.39 is 0 Å². The van der Waals surface area contributed by atoms with Gasteiger partial charge in [-0.2, -0.15) is 0 Å². The molecule has 0 saturated heterocycles. The first kappa shape index (κ1) is 31.9. The Bertz CT molecular complexity index is 3210. The van der Waals surface area contributed by atoms with Crippen molar-refractivity contribution in [1.29, 1.82) is 0 Å². The fourth-order valence-electron chi connectivity index (χ4n) is 8.41. The highest BCUT2D eigenvalue weighted by molar-refractivity contribution is 6.12. The molecule has 56 heavy (non-hydrogen) atoms. The van der Waals surface area contributed by atoms with Crippen LogP contribution in [0.4, 0.5) is 0 Å². The second-order valence-corrected chi connectivity index (χ2v) is 14.3. The molecule has 0 fully saturated rings. The van der Waals surface area contributed by atoms with E-state index in [2.05, 4.69) is 197 Å². The van der Waals surface area contributed by atoms with Crippen LogP contribution in [0.5, 0.6) is 0 Å². The van der Waals surface area contributed by atoms with E-state index in [0.29, 0.717) is 5.95 Å². The summed E-state index contributed by atoms with van der Waals surface area (Å²) in [5.74, 6) is 0.645. The van der Waals surface area contributed by atoms with Gasteiger partial charge in [0.2, 0.25) is 5.95 Å². The molecule has 0 atom stereocenters. The number of nitrogens with zero attached hydrogens (tertiary/aromatic N) is 4. The molecule has 0 aliphatic carbocycles. The van der Waals surface area contributed by atoms with Gasteiger partial charge < -0.3 is 4.57 Å². The zero-order chi connectivity index (χ0) is 37.0. The lowest BCUT2D eigenvalue weighted by Crippen LogP contribution is -2.01. The molecule has 4 heteroatoms. The second-order valence-electron chi connectivity index (χ2n) is 14.3. The van der Waals surface area contributed by atoms with E-state index in [-0.39, 0.29) is 0 Å². The monoisotopic (exact) mass is 714 g/mol. The lowest BCUT2D eigenvalue weighted by atomic mass is 9.94. The Labute approximate surface area is 324 Å². The number of aromatic nitrogens is 4. The third kappa shape index (κ3) is 5.23. The van der Waals surface area contributed by atoms with Gasteiger partial charge in [-0.25, -0.2) is 9.97 Å². The fourth-order valence-corrected chi connectivity index (χ4v) is 8.41. The van der Waals surface area contributed by atoms with Gasteiger partial charge in [-0.15, -0.1) is 0 Å². The van der Waals surface area contributed by atoms with Crippen molar-refractivity contribution < 1.29 is 0 Å². The summed E-state index contributed by atoms with van der Waals surface area (Å²) in [6.45, 7) is 0. The van der Waals surface area contributed by atoms with Crippen LogP contribution >= 0.6 is 0 Å². The van der Waals surface area contributed by atoms with Crippen LogP contribution in [0.3, 0.4) is 0 Å². The summed E-state index contributed by atoms with van der Waals surface area (Å²) >= 11 is 0. The molecule has 0 spiro atoms. The molecule has 11 aromatic rings. The van der Waals surface area contributed by atoms with E-state index in [9.17, 15) is 0 Å². The minimum absolute atomic E-state index is 0.645. The minimum Gasteiger partial charge on any atom is -0.309 e. The van der Waals surface area contributed by atoms with E-state index >= 15 is 0 Å². The van der Waals surface area contributed by atoms with Crippen molar-refractivity contribution in [2.75, 3.05) is 0 Å². The van der Waals surface area contributed by atoms with Crippen molar-refractivity contribution in [3.05, 3.63) is 207 Å². The smallest absolute Gasteiger partial charge is 0.234 e. The first-order chi connectivity index (χ1) is 27.8. The van der Waals surface area contributed by atoms with Crippen LogP contribution in [-0.4, -0.2) is 19.1 Å². The molecule has 0 aliphatic heterocycles. The molecule has 11 rings (SSSR count). The van der Waals surface area contributed by atoms with Crippen molar-refractivity contribution in [3.63, 3.8) is 0 Å². The lowest BCUT2D eigenvalue weighted by Gasteiger charge is -2.12. The maximum absolute atomic E-state index is 5.01. The topological polar surface area (TPSA) is 35.6 Å². The molecule has 0 N–H and O–H groups in total. The molecule has 262 valence electrons. The van der Waals surface area contributed by atoms with Crippen LogP contribution in [0, 0.1) is 0 Å². The van der Waals surface area contributed by atoms with Crippen LogP contribution < -0.4 is 0 Å². The maximum atomic E-state index is 5.01. The second kappa shape index (κ2) is 13.1. The molecule has 3 heterocycles. The number of hydrogen-bond acceptors (Lipinski definition) is 2. The number of benzene rings is 8. The highest BCUT2D eigenvalue weighted by Gasteiger charge is 2.17. The van der Waals surface area contributed by atoms with Crippen molar-refractivity contribution in [2.45, 2.75) is 0 Å². The van der Waals surface area contributed by atoms with E-state index in [1.807, 2.05) is 18.5 Å². The van der Waals surface area contributed by atoms with Gasteiger partial charge in [0.1, 0.15) is 0 Å². The highest BCUT2D eigenvalue weighted by atomic mass is 15.1. The van der Waals surface area contributed by atoms with Crippen molar-refractivity contribution in [3.8, 4) is 56.1 Å². The summed E-state index contributed by atoms with van der Waals surface area (Å²) in [6, 6.07) is 69.2. The van der Waals surface area contributed by atoms with Gasteiger partial charge >= 0.3 is 0 Å². The minimum atomic E-state index is 0.645. The molecule has 3 aromatic heterocycles. The summed E-state index contributed by atoms with van der Waals surface area (Å²) in [7, 11) is 0. The van der Waals surface area contributed by atoms with Crippen LogP contribution in [-0.2, 0) is 0 Å². The Morgan fingerprint density at radius 2 is 0.768 bits per heavy atom. The van der Waals surface area contributed by atoms with Gasteiger partial charge in [0.05, 0.1) is 22.1 Å². The quantitative estimate of drug-likeness (QED) is 0.172. The van der Waals surface area contributed by atoms with Crippen LogP contribution in [0.2, 0.25) is 0 Å². The van der Waals surface area contributed by atoms with Crippen LogP contribution in [0.25, 0.3) is 99.8 Å². The van der Waals surface area contributed by atoms with Crippen molar-refractivity contribution in [1.82, 2.24) is 19.1 Å². The van der Waals surface area contributed by atoms with E-state index in [4.69, 9.17) is 9.97 Å². The van der Waals surface area contributed by atoms with Gasteiger partial charge in [0, 0.05) is 45.2 Å². The number of para-hydroxylation sites is 3. The Morgan fingerprint density at radius 3 is 1.50 bits per heavy atom. The summed E-state index contributed by atoms with van der Waals surface area (Å²) in [5.41, 5.74) is 14.8. The van der Waals surface area contributed by atoms with E-state index in [1.165, 1.54) is 49.3 Å². The van der Waals surface area contributed by atoms with Crippen molar-refractivity contribution in [2.24, 2.45) is 0 Å². The van der Waals surface area contributed by atoms with Crippen LogP contribution in [0.1, 0.15) is 0 Å². The van der Waals surface area contributed by atoms with Gasteiger partial charge in [0.15, 0.2) is 0 Å². The molecular weight excluding hydrogens is 681 g/mol. The molecule has 0 aliphatic rings. The zero-order valence-corrected chi connectivity index (χ0v) is 30.4. The van der Waals surface area contributed by atoms with Crippen molar-refractivity contribution >= 4 is 43.6 Å². The summed E-state index contributed by atoms with van der Waals surface area (Å²) < 4.78 is 4.56. The zero-order valence-electron chi connectivity index (χ0n) is 30.4. The Balaban J connectivity index is 0.983. The first-order valence-corrected chi connectivity index (χ1v) is 19.0. The molecule has 8 aromatic carbocycles. The summed E-state index contributed by atoms with van der Waals surface area (Å²) in [4.78, 5) is 10.0. The van der Waals surface area contributed by atoms with Gasteiger partial charge in [0.25, 0.3) is 0 Å². The average molecular weight is 715 g/mol. The third-order valence-electron chi connectivity index (χ3n) is 11.1. The number of hydrogen-bond donors (Lipinski definition) is 0. The predicted molar refractivity (Wildman–Crippen MR) is 232 cm³/mol. The van der Waals surface area contributed by atoms with E-state index in [1.54, 1.807) is 0 Å². The lowest BCUT2D eigenvalue weighted by molar-refractivity contribution is 0.990. The molecule has 0 amide bonds. The summed E-state index contributed by atoms with van der Waals surface area (Å²) in [6.07, 6.45) is 3.91. The van der Waals surface area contributed by atoms with E-state index in [0.717, 1.165) is 44.5 Å². The molecule has 0 bridgehead atoms. The fraction of sp³-hybridized carbons (Fsp3) is 0. The largest absolute Gasteiger partial charge is 0.309 e. The standard InChI is InChI=1S/C52H34N4/c1-3-13-35(14-4-1)36-23-25-37(26-24-36)42-17-7-8-18-43(42)40-33-53-52(54-34-40)56-49-22-12-10-20-45(49)47-31-38(28-30-50(47)56)39-27-29-46-44-19-9-11-21-48(44)55(51(46)32-39)41-15-5-2-6-16-41/h1-34H. The predicted octanol–water partition coefficient (Wildman–Crippen LogP) is 13.3. The molecule has 0 saturated carbocycles. The maximum Gasteiger partial charge on any atom is 0.234 e. The number of fused-ring (bicyclic) bond motifs is 6. The van der Waals surface area contributed by atoms with Crippen LogP contribution in [0.15, 0.2) is 207 Å². The normalized spacial score (nSPS) is 11.6. The number of rotatable bonds is 6. The highest BCUT2D eigenvalue weighted by Crippen LogP contribution is 2.38. The first-order valence-electron chi connectivity index (χ1n) is 19.0. The average Bonchev–Trinajstić information content (AvgIpc) is 3.79. The Morgan fingerprint density at radius 1 is 0.286 bits per heavy atom. The molecule has 4 nitrogen and oxygen atoms in total. The molecule has 0 radical (unpaired) electrons. The molecular formula is C52H34N4. The SMILES string of the molecule is c1ccc(-c2ccc(-c3ccccc3-c3cnc(-n4c5ccccc5c5cc(-c6ccc7c8ccccc8n(-c8ccccc8)c7c6)ccc54)nc3)cc2)cc1. The Hall–Kier alpha value is -7.56.